The first kappa shape index (κ1) is 17.9. The van der Waals surface area contributed by atoms with Crippen molar-refractivity contribution >= 4 is 23.8 Å². The van der Waals surface area contributed by atoms with Crippen LogP contribution in [0.3, 0.4) is 0 Å². The lowest BCUT2D eigenvalue weighted by Crippen LogP contribution is -2.50. The normalized spacial score (nSPS) is 19.3. The van der Waals surface area contributed by atoms with Crippen molar-refractivity contribution in [3.8, 4) is 0 Å². The van der Waals surface area contributed by atoms with E-state index in [2.05, 4.69) is 5.32 Å². The molecule has 0 aliphatic carbocycles. The van der Waals surface area contributed by atoms with Gasteiger partial charge < -0.3 is 24.3 Å². The van der Waals surface area contributed by atoms with E-state index in [-0.39, 0.29) is 19.8 Å². The van der Waals surface area contributed by atoms with Crippen LogP contribution in [-0.4, -0.2) is 61.9 Å². The summed E-state index contributed by atoms with van der Waals surface area (Å²) in [6, 6.07) is -1.60. The minimum atomic E-state index is -1.60. The predicted octanol–water partition coefficient (Wildman–Crippen LogP) is -1.07. The molecule has 9 heteroatoms. The molecule has 0 bridgehead atoms. The number of nitrogens with one attached hydrogen (secondary N) is 1. The second-order valence-corrected chi connectivity index (χ2v) is 4.18. The Morgan fingerprint density at radius 1 is 0.909 bits per heavy atom. The van der Waals surface area contributed by atoms with E-state index in [4.69, 9.17) is 18.9 Å². The number of hydrogen-bond acceptors (Lipinski definition) is 8. The monoisotopic (exact) mass is 317 g/mol. The van der Waals surface area contributed by atoms with Gasteiger partial charge in [-0.15, -0.1) is 0 Å². The third-order valence-corrected chi connectivity index (χ3v) is 2.60. The first-order valence-corrected chi connectivity index (χ1v) is 6.91. The lowest BCUT2D eigenvalue weighted by molar-refractivity contribution is -0.159. The Morgan fingerprint density at radius 2 is 1.41 bits per heavy atom. The zero-order chi connectivity index (χ0) is 16.7. The van der Waals surface area contributed by atoms with Crippen LogP contribution in [-0.2, 0) is 38.1 Å². The molecule has 124 valence electrons. The number of hydrogen-bond donors (Lipinski definition) is 1. The highest BCUT2D eigenvalue weighted by molar-refractivity contribution is 6.04. The molecule has 1 amide bonds. The summed E-state index contributed by atoms with van der Waals surface area (Å²) in [5, 5.41) is 2.15. The van der Waals surface area contributed by atoms with Gasteiger partial charge in [0.05, 0.1) is 19.8 Å². The van der Waals surface area contributed by atoms with Crippen LogP contribution in [0.2, 0.25) is 0 Å². The van der Waals surface area contributed by atoms with Gasteiger partial charge in [-0.05, 0) is 20.8 Å². The van der Waals surface area contributed by atoms with Crippen LogP contribution >= 0.6 is 0 Å². The SMILES string of the molecule is CCOC(=O)C(NC(=O)[C@H]1O[C@@H]1C(=O)OCC)C(=O)OCC. The number of epoxide rings is 1. The molecule has 0 spiro atoms. The van der Waals surface area contributed by atoms with Crippen LogP contribution in [0, 0.1) is 0 Å². The predicted molar refractivity (Wildman–Crippen MR) is 70.5 cm³/mol. The summed E-state index contributed by atoms with van der Waals surface area (Å²) in [4.78, 5) is 46.6. The average Bonchev–Trinajstić information content (AvgIpc) is 3.25. The summed E-state index contributed by atoms with van der Waals surface area (Å²) >= 11 is 0. The van der Waals surface area contributed by atoms with E-state index < -0.39 is 42.1 Å². The largest absolute Gasteiger partial charge is 0.464 e. The van der Waals surface area contributed by atoms with Gasteiger partial charge in [-0.2, -0.15) is 0 Å². The fraction of sp³-hybridized carbons (Fsp3) is 0.692. The zero-order valence-corrected chi connectivity index (χ0v) is 12.6. The molecular weight excluding hydrogens is 298 g/mol. The highest BCUT2D eigenvalue weighted by Gasteiger charge is 2.52. The molecule has 1 aliphatic heterocycles. The Labute approximate surface area is 127 Å². The highest BCUT2D eigenvalue weighted by atomic mass is 16.6. The molecule has 2 atom stereocenters. The topological polar surface area (TPSA) is 121 Å². The number of ether oxygens (including phenoxy) is 4. The van der Waals surface area contributed by atoms with Gasteiger partial charge in [0, 0.05) is 0 Å². The fourth-order valence-corrected chi connectivity index (χ4v) is 1.61. The van der Waals surface area contributed by atoms with Gasteiger partial charge >= 0.3 is 17.9 Å². The third-order valence-electron chi connectivity index (χ3n) is 2.60. The minimum Gasteiger partial charge on any atom is -0.464 e. The second-order valence-electron chi connectivity index (χ2n) is 4.18. The summed E-state index contributed by atoms with van der Waals surface area (Å²) in [6.45, 7) is 4.96. The number of rotatable bonds is 8. The maximum Gasteiger partial charge on any atom is 0.340 e. The van der Waals surface area contributed by atoms with Crippen molar-refractivity contribution < 1.29 is 38.1 Å². The number of carbonyl (C=O) groups excluding carboxylic acids is 4. The average molecular weight is 317 g/mol. The Hall–Kier alpha value is -2.16. The number of esters is 3. The van der Waals surface area contributed by atoms with Crippen molar-refractivity contribution in [2.75, 3.05) is 19.8 Å². The van der Waals surface area contributed by atoms with Crippen molar-refractivity contribution in [3.05, 3.63) is 0 Å². The van der Waals surface area contributed by atoms with Crippen LogP contribution < -0.4 is 5.32 Å². The Morgan fingerprint density at radius 3 is 1.86 bits per heavy atom. The molecule has 1 rings (SSSR count). The molecular formula is C13H19NO8. The van der Waals surface area contributed by atoms with E-state index in [1.807, 2.05) is 0 Å². The van der Waals surface area contributed by atoms with Gasteiger partial charge in [-0.1, -0.05) is 0 Å². The van der Waals surface area contributed by atoms with Crippen molar-refractivity contribution in [3.63, 3.8) is 0 Å². The number of amides is 1. The summed E-state index contributed by atoms with van der Waals surface area (Å²) in [6.07, 6.45) is -2.12. The van der Waals surface area contributed by atoms with Gasteiger partial charge in [0.2, 0.25) is 6.04 Å². The molecule has 1 heterocycles. The van der Waals surface area contributed by atoms with Crippen LogP contribution in [0.4, 0.5) is 0 Å². The molecule has 1 fully saturated rings. The molecule has 0 aromatic carbocycles. The maximum atomic E-state index is 11.9. The van der Waals surface area contributed by atoms with E-state index in [1.165, 1.54) is 0 Å². The van der Waals surface area contributed by atoms with E-state index in [0.717, 1.165) is 0 Å². The standard InChI is InChI=1S/C13H19NO8/c1-4-19-11(16)7(12(17)20-5-2)14-10(15)8-9(22-8)13(18)21-6-3/h7-9H,4-6H2,1-3H3,(H,14,15)/t8-,9-/m0/s1. The van der Waals surface area contributed by atoms with Crippen LogP contribution in [0.1, 0.15) is 20.8 Å². The smallest absolute Gasteiger partial charge is 0.340 e. The van der Waals surface area contributed by atoms with Crippen LogP contribution in [0.15, 0.2) is 0 Å². The molecule has 22 heavy (non-hydrogen) atoms. The number of carbonyl (C=O) groups is 4. The van der Waals surface area contributed by atoms with E-state index in [9.17, 15) is 19.2 Å². The van der Waals surface area contributed by atoms with Crippen molar-refractivity contribution in [1.29, 1.82) is 0 Å². The van der Waals surface area contributed by atoms with E-state index in [1.54, 1.807) is 20.8 Å². The minimum absolute atomic E-state index is 0.0377. The summed E-state index contributed by atoms with van der Waals surface area (Å²) in [5.41, 5.74) is 0. The molecule has 0 unspecified atom stereocenters. The van der Waals surface area contributed by atoms with Gasteiger partial charge in [0.15, 0.2) is 12.2 Å². The van der Waals surface area contributed by atoms with Crippen molar-refractivity contribution in [1.82, 2.24) is 5.32 Å². The zero-order valence-electron chi connectivity index (χ0n) is 12.6. The van der Waals surface area contributed by atoms with Crippen LogP contribution in [0.25, 0.3) is 0 Å². The molecule has 0 aromatic rings. The molecule has 0 aromatic heterocycles. The molecule has 1 N–H and O–H groups in total. The maximum absolute atomic E-state index is 11.9. The van der Waals surface area contributed by atoms with E-state index >= 15 is 0 Å². The Bertz CT molecular complexity index is 431. The summed E-state index contributed by atoms with van der Waals surface area (Å²) in [5.74, 6) is -3.35. The quantitative estimate of drug-likeness (QED) is 0.260. The summed E-state index contributed by atoms with van der Waals surface area (Å²) in [7, 11) is 0. The third kappa shape index (κ3) is 4.69. The lowest BCUT2D eigenvalue weighted by atomic mass is 10.2. The van der Waals surface area contributed by atoms with Gasteiger partial charge in [-0.3, -0.25) is 4.79 Å². The second kappa shape index (κ2) is 8.32. The molecule has 0 radical (unpaired) electrons. The van der Waals surface area contributed by atoms with Gasteiger partial charge in [-0.25, -0.2) is 14.4 Å². The van der Waals surface area contributed by atoms with Gasteiger partial charge in [0.25, 0.3) is 5.91 Å². The highest BCUT2D eigenvalue weighted by Crippen LogP contribution is 2.23. The van der Waals surface area contributed by atoms with Crippen molar-refractivity contribution in [2.24, 2.45) is 0 Å². The fourth-order valence-electron chi connectivity index (χ4n) is 1.61. The first-order chi connectivity index (χ1) is 10.5. The lowest BCUT2D eigenvalue weighted by Gasteiger charge is -2.15. The molecule has 0 saturated carbocycles. The van der Waals surface area contributed by atoms with Gasteiger partial charge in [0.1, 0.15) is 0 Å². The van der Waals surface area contributed by atoms with Crippen molar-refractivity contribution in [2.45, 2.75) is 39.0 Å². The van der Waals surface area contributed by atoms with Crippen LogP contribution in [0.5, 0.6) is 0 Å². The molecule has 9 nitrogen and oxygen atoms in total. The molecule has 1 saturated heterocycles. The van der Waals surface area contributed by atoms with E-state index in [0.29, 0.717) is 0 Å². The Kier molecular flexibility index (Phi) is 6.77. The molecule has 1 aliphatic rings. The first-order valence-electron chi connectivity index (χ1n) is 6.91. The Balaban J connectivity index is 2.62. The summed E-state index contributed by atoms with van der Waals surface area (Å²) < 4.78 is 19.0.